The fourth-order valence-electron chi connectivity index (χ4n) is 2.26. The zero-order valence-corrected chi connectivity index (χ0v) is 11.7. The summed E-state index contributed by atoms with van der Waals surface area (Å²) in [7, 11) is 0. The minimum atomic E-state index is -0.615. The summed E-state index contributed by atoms with van der Waals surface area (Å²) in [6, 6.07) is 0. The Morgan fingerprint density at radius 1 is 1.60 bits per heavy atom. The van der Waals surface area contributed by atoms with Crippen molar-refractivity contribution in [3.8, 4) is 0 Å². The van der Waals surface area contributed by atoms with Crippen LogP contribution in [-0.4, -0.2) is 29.2 Å². The predicted octanol–water partition coefficient (Wildman–Crippen LogP) is 0.483. The highest BCUT2D eigenvalue weighted by molar-refractivity contribution is 5.74. The van der Waals surface area contributed by atoms with Gasteiger partial charge in [0.25, 0.3) is 5.56 Å². The van der Waals surface area contributed by atoms with Gasteiger partial charge < -0.3 is 20.2 Å². The first kappa shape index (κ1) is 14.5. The topological polar surface area (TPSA) is 107 Å². The Labute approximate surface area is 116 Å². The molecular formula is C13H19N3O4. The highest BCUT2D eigenvalue weighted by Crippen LogP contribution is 2.33. The zero-order valence-electron chi connectivity index (χ0n) is 11.7. The van der Waals surface area contributed by atoms with Gasteiger partial charge in [-0.25, -0.2) is 4.98 Å². The van der Waals surface area contributed by atoms with Gasteiger partial charge in [0.15, 0.2) is 0 Å². The molecule has 110 valence electrons. The van der Waals surface area contributed by atoms with Crippen LogP contribution in [0.5, 0.6) is 0 Å². The Kier molecular flexibility index (Phi) is 4.08. The lowest BCUT2D eigenvalue weighted by Gasteiger charge is -2.22. The monoisotopic (exact) mass is 281 g/mol. The van der Waals surface area contributed by atoms with Crippen molar-refractivity contribution >= 4 is 11.8 Å². The molecule has 0 aromatic carbocycles. The third-order valence-electron chi connectivity index (χ3n) is 3.39. The number of ether oxygens (including phenoxy) is 2. The fourth-order valence-corrected chi connectivity index (χ4v) is 2.26. The first-order valence-electron chi connectivity index (χ1n) is 6.65. The lowest BCUT2D eigenvalue weighted by atomic mass is 10.0. The molecule has 2 rings (SSSR count). The Morgan fingerprint density at radius 3 is 2.90 bits per heavy atom. The fraction of sp³-hybridized carbons (Fsp3) is 0.615. The van der Waals surface area contributed by atoms with Crippen LogP contribution in [0.3, 0.4) is 0 Å². The van der Waals surface area contributed by atoms with E-state index in [2.05, 4.69) is 9.97 Å². The van der Waals surface area contributed by atoms with Gasteiger partial charge in [0, 0.05) is 6.61 Å². The summed E-state index contributed by atoms with van der Waals surface area (Å²) in [5.74, 6) is -0.0405. The minimum absolute atomic E-state index is 0.0496. The Balaban J connectivity index is 2.29. The number of nitrogens with one attached hydrogen (secondary N) is 1. The summed E-state index contributed by atoms with van der Waals surface area (Å²) in [5, 5.41) is 0. The van der Waals surface area contributed by atoms with Crippen LogP contribution in [0.15, 0.2) is 4.79 Å². The molecule has 1 aromatic heterocycles. The number of rotatable bonds is 4. The van der Waals surface area contributed by atoms with Crippen LogP contribution in [0.2, 0.25) is 0 Å². The standard InChI is InChI=1S/C13H19N3O4/c1-3-19-9(17)7-8-10(14)15-12(16-11(8)18)13(2)5-4-6-20-13/h3-7H2,1-2H3,(H3,14,15,16,18). The molecule has 7 heteroatoms. The van der Waals surface area contributed by atoms with Gasteiger partial charge in [0.05, 0.1) is 18.6 Å². The lowest BCUT2D eigenvalue weighted by molar-refractivity contribution is -0.142. The smallest absolute Gasteiger partial charge is 0.310 e. The molecular weight excluding hydrogens is 262 g/mol. The van der Waals surface area contributed by atoms with Crippen molar-refractivity contribution in [3.05, 3.63) is 21.7 Å². The molecule has 1 saturated heterocycles. The number of carbonyl (C=O) groups excluding carboxylic acids is 1. The summed E-state index contributed by atoms with van der Waals surface area (Å²) in [4.78, 5) is 30.4. The van der Waals surface area contributed by atoms with E-state index < -0.39 is 17.1 Å². The van der Waals surface area contributed by atoms with Crippen molar-refractivity contribution < 1.29 is 14.3 Å². The molecule has 0 amide bonds. The molecule has 1 unspecified atom stereocenters. The maximum absolute atomic E-state index is 12.1. The van der Waals surface area contributed by atoms with Crippen molar-refractivity contribution in [1.29, 1.82) is 0 Å². The number of carbonyl (C=O) groups is 1. The zero-order chi connectivity index (χ0) is 14.8. The van der Waals surface area contributed by atoms with E-state index in [1.54, 1.807) is 6.92 Å². The Morgan fingerprint density at radius 2 is 2.35 bits per heavy atom. The van der Waals surface area contributed by atoms with E-state index in [0.717, 1.165) is 12.8 Å². The van der Waals surface area contributed by atoms with Gasteiger partial charge in [-0.3, -0.25) is 9.59 Å². The van der Waals surface area contributed by atoms with Crippen molar-refractivity contribution in [2.24, 2.45) is 0 Å². The van der Waals surface area contributed by atoms with Gasteiger partial charge >= 0.3 is 5.97 Å². The number of nitrogens with two attached hydrogens (primary N) is 1. The third kappa shape index (κ3) is 2.82. The van der Waals surface area contributed by atoms with Gasteiger partial charge in [-0.2, -0.15) is 0 Å². The number of nitrogen functional groups attached to an aromatic ring is 1. The van der Waals surface area contributed by atoms with Crippen LogP contribution < -0.4 is 11.3 Å². The van der Waals surface area contributed by atoms with Gasteiger partial charge in [0.2, 0.25) is 0 Å². The molecule has 1 atom stereocenters. The summed E-state index contributed by atoms with van der Waals surface area (Å²) in [6.45, 7) is 4.45. The van der Waals surface area contributed by atoms with Crippen molar-refractivity contribution in [2.75, 3.05) is 18.9 Å². The normalized spacial score (nSPS) is 21.9. The Bertz CT molecular complexity index is 561. The van der Waals surface area contributed by atoms with E-state index in [0.29, 0.717) is 12.4 Å². The van der Waals surface area contributed by atoms with Crippen LogP contribution in [0.4, 0.5) is 5.82 Å². The lowest BCUT2D eigenvalue weighted by Crippen LogP contribution is -2.30. The molecule has 0 bridgehead atoms. The van der Waals surface area contributed by atoms with Crippen LogP contribution in [0, 0.1) is 0 Å². The second kappa shape index (κ2) is 5.62. The number of nitrogens with zero attached hydrogens (tertiary/aromatic N) is 1. The quantitative estimate of drug-likeness (QED) is 0.777. The van der Waals surface area contributed by atoms with Gasteiger partial charge in [-0.1, -0.05) is 0 Å². The van der Waals surface area contributed by atoms with Gasteiger partial charge in [0.1, 0.15) is 17.2 Å². The van der Waals surface area contributed by atoms with Crippen LogP contribution in [0.25, 0.3) is 0 Å². The van der Waals surface area contributed by atoms with Crippen LogP contribution in [-0.2, 0) is 26.3 Å². The number of aromatic amines is 1. The molecule has 7 nitrogen and oxygen atoms in total. The number of hydrogen-bond acceptors (Lipinski definition) is 6. The first-order chi connectivity index (χ1) is 9.46. The average Bonchev–Trinajstić information content (AvgIpc) is 2.82. The highest BCUT2D eigenvalue weighted by atomic mass is 16.5. The summed E-state index contributed by atoms with van der Waals surface area (Å²) < 4.78 is 10.4. The van der Waals surface area contributed by atoms with Crippen LogP contribution in [0.1, 0.15) is 38.1 Å². The summed E-state index contributed by atoms with van der Waals surface area (Å²) >= 11 is 0. The maximum Gasteiger partial charge on any atom is 0.310 e. The minimum Gasteiger partial charge on any atom is -0.466 e. The second-order valence-corrected chi connectivity index (χ2v) is 4.94. The maximum atomic E-state index is 12.1. The Hall–Kier alpha value is -1.89. The average molecular weight is 281 g/mol. The van der Waals surface area contributed by atoms with Gasteiger partial charge in [-0.15, -0.1) is 0 Å². The number of esters is 1. The summed E-state index contributed by atoms with van der Waals surface area (Å²) in [5.41, 5.74) is 4.90. The number of anilines is 1. The van der Waals surface area contributed by atoms with E-state index in [1.807, 2.05) is 6.92 Å². The van der Waals surface area contributed by atoms with E-state index in [9.17, 15) is 9.59 Å². The number of hydrogen-bond donors (Lipinski definition) is 2. The third-order valence-corrected chi connectivity index (χ3v) is 3.39. The van der Waals surface area contributed by atoms with Crippen molar-refractivity contribution in [2.45, 2.75) is 38.7 Å². The SMILES string of the molecule is CCOC(=O)Cc1c(N)nc(C2(C)CCCO2)[nH]c1=O. The van der Waals surface area contributed by atoms with E-state index in [4.69, 9.17) is 15.2 Å². The number of aromatic nitrogens is 2. The largest absolute Gasteiger partial charge is 0.466 e. The first-order valence-corrected chi connectivity index (χ1v) is 6.65. The molecule has 2 heterocycles. The number of H-pyrrole nitrogens is 1. The molecule has 3 N–H and O–H groups in total. The van der Waals surface area contributed by atoms with E-state index in [1.165, 1.54) is 0 Å². The molecule has 1 aromatic rings. The second-order valence-electron chi connectivity index (χ2n) is 4.94. The van der Waals surface area contributed by atoms with E-state index in [-0.39, 0.29) is 24.4 Å². The van der Waals surface area contributed by atoms with Crippen LogP contribution >= 0.6 is 0 Å². The molecule has 1 aliphatic heterocycles. The molecule has 0 aliphatic carbocycles. The summed E-state index contributed by atoms with van der Waals surface area (Å²) in [6.07, 6.45) is 1.50. The molecule has 0 saturated carbocycles. The predicted molar refractivity (Wildman–Crippen MR) is 72.1 cm³/mol. The highest BCUT2D eigenvalue weighted by Gasteiger charge is 2.35. The van der Waals surface area contributed by atoms with Gasteiger partial charge in [-0.05, 0) is 26.7 Å². The van der Waals surface area contributed by atoms with E-state index >= 15 is 0 Å². The molecule has 0 spiro atoms. The molecule has 1 aliphatic rings. The molecule has 0 radical (unpaired) electrons. The molecule has 1 fully saturated rings. The van der Waals surface area contributed by atoms with Crippen molar-refractivity contribution in [1.82, 2.24) is 9.97 Å². The molecule has 20 heavy (non-hydrogen) atoms. The van der Waals surface area contributed by atoms with Crippen molar-refractivity contribution in [3.63, 3.8) is 0 Å².